The topological polar surface area (TPSA) is 48.9 Å². The Kier molecular flexibility index (Phi) is 12.2. The molecular weight excluding hydrogens is 471 g/mol. The summed E-state index contributed by atoms with van der Waals surface area (Å²) in [7, 11) is 3.55. The number of rotatable bonds is 8. The number of thioether (sulfide) groups is 1. The van der Waals surface area contributed by atoms with E-state index >= 15 is 0 Å². The van der Waals surface area contributed by atoms with Crippen LogP contribution >= 0.6 is 35.7 Å². The SMILES string of the molecule is CN=C(NCC(C)SC)NCC(c1ccc(OC)cc1)N1CCCCC1.I. The summed E-state index contributed by atoms with van der Waals surface area (Å²) in [6.07, 6.45) is 6.05. The molecule has 1 fully saturated rings. The van der Waals surface area contributed by atoms with Crippen molar-refractivity contribution in [1.29, 1.82) is 0 Å². The number of methoxy groups -OCH3 is 1. The lowest BCUT2D eigenvalue weighted by Gasteiger charge is -2.35. The van der Waals surface area contributed by atoms with Crippen LogP contribution in [0.25, 0.3) is 0 Å². The first kappa shape index (κ1) is 24.4. The number of likely N-dealkylation sites (tertiary alicyclic amines) is 1. The number of nitrogens with one attached hydrogen (secondary N) is 2. The molecule has 0 spiro atoms. The molecule has 2 unspecified atom stereocenters. The van der Waals surface area contributed by atoms with Gasteiger partial charge in [-0.3, -0.25) is 9.89 Å². The largest absolute Gasteiger partial charge is 0.497 e. The van der Waals surface area contributed by atoms with E-state index in [1.54, 1.807) is 7.11 Å². The lowest BCUT2D eigenvalue weighted by Crippen LogP contribution is -2.45. The van der Waals surface area contributed by atoms with Crippen molar-refractivity contribution >= 4 is 41.7 Å². The van der Waals surface area contributed by atoms with Crippen LogP contribution in [0.15, 0.2) is 29.3 Å². The van der Waals surface area contributed by atoms with E-state index in [0.717, 1.165) is 37.9 Å². The Hall–Kier alpha value is -0.670. The first-order chi connectivity index (χ1) is 12.7. The maximum absolute atomic E-state index is 5.31. The molecule has 0 radical (unpaired) electrons. The standard InChI is InChI=1S/C20H34N4OS.HI/c1-16(26-4)14-22-20(21-2)23-15-19(24-12-6-5-7-13-24)17-8-10-18(25-3)11-9-17;/h8-11,16,19H,5-7,12-15H2,1-4H3,(H2,21,22,23);1H. The van der Waals surface area contributed by atoms with Gasteiger partial charge in [0.25, 0.3) is 0 Å². The van der Waals surface area contributed by atoms with Gasteiger partial charge in [-0.25, -0.2) is 0 Å². The summed E-state index contributed by atoms with van der Waals surface area (Å²) in [6, 6.07) is 8.83. The Balaban J connectivity index is 0.00000364. The Morgan fingerprint density at radius 2 is 1.78 bits per heavy atom. The van der Waals surface area contributed by atoms with Crippen LogP contribution in [0.4, 0.5) is 0 Å². The number of aliphatic imine (C=N–C) groups is 1. The number of benzene rings is 1. The maximum Gasteiger partial charge on any atom is 0.191 e. The first-order valence-corrected chi connectivity index (χ1v) is 10.8. The van der Waals surface area contributed by atoms with Crippen molar-refractivity contribution < 1.29 is 4.74 Å². The van der Waals surface area contributed by atoms with E-state index in [1.807, 2.05) is 18.8 Å². The highest BCUT2D eigenvalue weighted by Crippen LogP contribution is 2.25. The van der Waals surface area contributed by atoms with Gasteiger partial charge >= 0.3 is 0 Å². The van der Waals surface area contributed by atoms with Crippen molar-refractivity contribution in [1.82, 2.24) is 15.5 Å². The van der Waals surface area contributed by atoms with Crippen LogP contribution in [0.5, 0.6) is 5.75 Å². The van der Waals surface area contributed by atoms with E-state index in [0.29, 0.717) is 11.3 Å². The van der Waals surface area contributed by atoms with Crippen LogP contribution in [-0.4, -0.2) is 62.7 Å². The number of piperidine rings is 1. The fourth-order valence-corrected chi connectivity index (χ4v) is 3.50. The van der Waals surface area contributed by atoms with Crippen LogP contribution in [0.2, 0.25) is 0 Å². The third-order valence-electron chi connectivity index (χ3n) is 4.98. The Bertz CT molecular complexity index is 549. The number of halogens is 1. The average molecular weight is 506 g/mol. The molecular formula is C20H35IN4OS. The zero-order valence-electron chi connectivity index (χ0n) is 17.0. The predicted molar refractivity (Wildman–Crippen MR) is 129 cm³/mol. The third kappa shape index (κ3) is 8.07. The Morgan fingerprint density at radius 3 is 2.33 bits per heavy atom. The highest BCUT2D eigenvalue weighted by molar-refractivity contribution is 14.0. The number of guanidine groups is 1. The zero-order chi connectivity index (χ0) is 18.8. The summed E-state index contributed by atoms with van der Waals surface area (Å²) in [6.45, 7) is 6.30. The van der Waals surface area contributed by atoms with Gasteiger partial charge in [0.1, 0.15) is 5.75 Å². The summed E-state index contributed by atoms with van der Waals surface area (Å²) in [4.78, 5) is 6.97. The van der Waals surface area contributed by atoms with Crippen LogP contribution < -0.4 is 15.4 Å². The van der Waals surface area contributed by atoms with Crippen molar-refractivity contribution in [3.63, 3.8) is 0 Å². The second-order valence-corrected chi connectivity index (χ2v) is 8.04. The minimum absolute atomic E-state index is 0. The summed E-state index contributed by atoms with van der Waals surface area (Å²) in [5.41, 5.74) is 1.33. The first-order valence-electron chi connectivity index (χ1n) is 9.53. The summed E-state index contributed by atoms with van der Waals surface area (Å²) >= 11 is 1.86. The summed E-state index contributed by atoms with van der Waals surface area (Å²) in [5.74, 6) is 1.78. The van der Waals surface area contributed by atoms with E-state index in [2.05, 4.69) is 58.0 Å². The average Bonchev–Trinajstić information content (AvgIpc) is 2.71. The molecule has 1 aliphatic rings. The lowest BCUT2D eigenvalue weighted by atomic mass is 10.0. The molecule has 2 N–H and O–H groups in total. The second kappa shape index (κ2) is 13.5. The van der Waals surface area contributed by atoms with Crippen LogP contribution in [0.1, 0.15) is 37.8 Å². The van der Waals surface area contributed by atoms with Gasteiger partial charge in [-0.1, -0.05) is 25.5 Å². The van der Waals surface area contributed by atoms with E-state index in [4.69, 9.17) is 4.74 Å². The van der Waals surface area contributed by atoms with Crippen molar-refractivity contribution in [3.8, 4) is 5.75 Å². The van der Waals surface area contributed by atoms with Gasteiger partial charge in [-0.05, 0) is 49.9 Å². The molecule has 1 saturated heterocycles. The molecule has 27 heavy (non-hydrogen) atoms. The van der Waals surface area contributed by atoms with Gasteiger partial charge in [0.15, 0.2) is 5.96 Å². The van der Waals surface area contributed by atoms with E-state index in [9.17, 15) is 0 Å². The monoisotopic (exact) mass is 506 g/mol. The van der Waals surface area contributed by atoms with Gasteiger partial charge in [0, 0.05) is 25.4 Å². The van der Waals surface area contributed by atoms with Gasteiger partial charge in [0.05, 0.1) is 13.2 Å². The molecule has 0 aliphatic carbocycles. The normalized spacial score (nSPS) is 17.6. The highest BCUT2D eigenvalue weighted by atomic mass is 127. The number of hydrogen-bond acceptors (Lipinski definition) is 4. The molecule has 2 rings (SSSR count). The second-order valence-electron chi connectivity index (χ2n) is 6.77. The summed E-state index contributed by atoms with van der Waals surface area (Å²) < 4.78 is 5.31. The molecule has 1 heterocycles. The van der Waals surface area contributed by atoms with E-state index in [1.165, 1.54) is 24.8 Å². The molecule has 154 valence electrons. The molecule has 0 amide bonds. The molecule has 1 aliphatic heterocycles. The molecule has 0 aromatic heterocycles. The molecule has 0 bridgehead atoms. The zero-order valence-corrected chi connectivity index (χ0v) is 20.2. The van der Waals surface area contributed by atoms with Crippen molar-refractivity contribution in [3.05, 3.63) is 29.8 Å². The quantitative estimate of drug-likeness (QED) is 0.320. The summed E-state index contributed by atoms with van der Waals surface area (Å²) in [5, 5.41) is 7.52. The number of hydrogen-bond donors (Lipinski definition) is 2. The number of ether oxygens (including phenoxy) is 1. The van der Waals surface area contributed by atoms with Crippen molar-refractivity contribution in [2.75, 3.05) is 46.6 Å². The van der Waals surface area contributed by atoms with Crippen LogP contribution in [-0.2, 0) is 0 Å². The van der Waals surface area contributed by atoms with Crippen LogP contribution in [0, 0.1) is 0 Å². The molecule has 7 heteroatoms. The Morgan fingerprint density at radius 1 is 1.15 bits per heavy atom. The van der Waals surface area contributed by atoms with Crippen molar-refractivity contribution in [2.45, 2.75) is 37.5 Å². The van der Waals surface area contributed by atoms with Gasteiger partial charge in [-0.2, -0.15) is 11.8 Å². The molecule has 1 aromatic rings. The van der Waals surface area contributed by atoms with Crippen molar-refractivity contribution in [2.24, 2.45) is 4.99 Å². The predicted octanol–water partition coefficient (Wildman–Crippen LogP) is 3.76. The highest BCUT2D eigenvalue weighted by Gasteiger charge is 2.22. The van der Waals surface area contributed by atoms with E-state index < -0.39 is 0 Å². The van der Waals surface area contributed by atoms with Crippen LogP contribution in [0.3, 0.4) is 0 Å². The fraction of sp³-hybridized carbons (Fsp3) is 0.650. The maximum atomic E-state index is 5.31. The molecule has 0 saturated carbocycles. The Labute approximate surface area is 186 Å². The smallest absolute Gasteiger partial charge is 0.191 e. The van der Waals surface area contributed by atoms with E-state index in [-0.39, 0.29) is 24.0 Å². The fourth-order valence-electron chi connectivity index (χ4n) is 3.25. The minimum atomic E-state index is 0. The number of nitrogens with zero attached hydrogens (tertiary/aromatic N) is 2. The molecule has 5 nitrogen and oxygen atoms in total. The third-order valence-corrected chi connectivity index (χ3v) is 5.95. The molecule has 1 aromatic carbocycles. The lowest BCUT2D eigenvalue weighted by molar-refractivity contribution is 0.164. The molecule has 2 atom stereocenters. The van der Waals surface area contributed by atoms with Gasteiger partial charge in [-0.15, -0.1) is 24.0 Å². The minimum Gasteiger partial charge on any atom is -0.497 e. The van der Waals surface area contributed by atoms with Gasteiger partial charge in [0.2, 0.25) is 0 Å². The van der Waals surface area contributed by atoms with Gasteiger partial charge < -0.3 is 15.4 Å².